The highest BCUT2D eigenvalue weighted by atomic mass is 127. The minimum absolute atomic E-state index is 0.118. The number of nitrogens with two attached hydrogens (primary N) is 1. The van der Waals surface area contributed by atoms with Crippen LogP contribution in [-0.2, 0) is 6.54 Å². The van der Waals surface area contributed by atoms with Crippen LogP contribution in [0.3, 0.4) is 0 Å². The van der Waals surface area contributed by atoms with E-state index in [1.54, 1.807) is 17.0 Å². The second-order valence-corrected chi connectivity index (χ2v) is 5.85. The molecule has 2 aromatic carbocycles. The molecule has 2 aromatic rings. The van der Waals surface area contributed by atoms with E-state index in [-0.39, 0.29) is 11.7 Å². The van der Waals surface area contributed by atoms with Crippen LogP contribution < -0.4 is 5.73 Å². The molecule has 0 heterocycles. The molecule has 1 amide bonds. The molecule has 0 aliphatic heterocycles. The van der Waals surface area contributed by atoms with Crippen LogP contribution in [0.1, 0.15) is 22.8 Å². The Balaban J connectivity index is 2.22. The predicted molar refractivity (Wildman–Crippen MR) is 92.1 cm³/mol. The molecule has 5 heteroatoms. The summed E-state index contributed by atoms with van der Waals surface area (Å²) in [5.74, 6) is 0.00387. The Bertz CT molecular complexity index is 658. The zero-order valence-corrected chi connectivity index (χ0v) is 13.9. The Kier molecular flexibility index (Phi) is 5.06. The SMILES string of the molecule is CCN(Cc1ccccc1N)C(=O)c1ccc(I)c(O)c1. The Labute approximate surface area is 137 Å². The third-order valence-electron chi connectivity index (χ3n) is 3.28. The zero-order chi connectivity index (χ0) is 15.4. The molecule has 3 N–H and O–H groups in total. The lowest BCUT2D eigenvalue weighted by atomic mass is 10.1. The molecule has 4 nitrogen and oxygen atoms in total. The molecule has 0 bridgehead atoms. The van der Waals surface area contributed by atoms with Gasteiger partial charge in [-0.05, 0) is 59.3 Å². The van der Waals surface area contributed by atoms with Gasteiger partial charge >= 0.3 is 0 Å². The summed E-state index contributed by atoms with van der Waals surface area (Å²) in [6.07, 6.45) is 0. The molecule has 0 aliphatic rings. The van der Waals surface area contributed by atoms with E-state index in [0.717, 1.165) is 9.13 Å². The van der Waals surface area contributed by atoms with Crippen molar-refractivity contribution in [3.05, 3.63) is 57.2 Å². The molecule has 0 saturated carbocycles. The van der Waals surface area contributed by atoms with Crippen LogP contribution in [0.5, 0.6) is 5.75 Å². The van der Waals surface area contributed by atoms with Gasteiger partial charge in [-0.25, -0.2) is 0 Å². The van der Waals surface area contributed by atoms with Gasteiger partial charge in [0.2, 0.25) is 0 Å². The highest BCUT2D eigenvalue weighted by Crippen LogP contribution is 2.22. The van der Waals surface area contributed by atoms with Crippen molar-refractivity contribution in [2.24, 2.45) is 0 Å². The van der Waals surface area contributed by atoms with E-state index in [1.807, 2.05) is 53.8 Å². The van der Waals surface area contributed by atoms with E-state index in [1.165, 1.54) is 6.07 Å². The number of hydrogen-bond acceptors (Lipinski definition) is 3. The number of rotatable bonds is 4. The van der Waals surface area contributed by atoms with E-state index >= 15 is 0 Å². The number of aromatic hydroxyl groups is 1. The molecule has 0 aliphatic carbocycles. The molecule has 21 heavy (non-hydrogen) atoms. The number of benzene rings is 2. The number of nitrogen functional groups attached to an aromatic ring is 1. The summed E-state index contributed by atoms with van der Waals surface area (Å²) in [6.45, 7) is 2.94. The quantitative estimate of drug-likeness (QED) is 0.616. The van der Waals surface area contributed by atoms with Crippen molar-refractivity contribution >= 4 is 34.2 Å². The van der Waals surface area contributed by atoms with E-state index in [2.05, 4.69) is 0 Å². The van der Waals surface area contributed by atoms with Gasteiger partial charge in [0.1, 0.15) is 5.75 Å². The van der Waals surface area contributed by atoms with E-state index in [0.29, 0.717) is 24.3 Å². The lowest BCUT2D eigenvalue weighted by Crippen LogP contribution is -2.30. The number of anilines is 1. The first-order valence-corrected chi connectivity index (χ1v) is 7.72. The van der Waals surface area contributed by atoms with Crippen molar-refractivity contribution in [2.45, 2.75) is 13.5 Å². The number of amides is 1. The number of phenols is 1. The van der Waals surface area contributed by atoms with Gasteiger partial charge < -0.3 is 15.7 Å². The molecule has 0 radical (unpaired) electrons. The van der Waals surface area contributed by atoms with Crippen molar-refractivity contribution in [3.63, 3.8) is 0 Å². The van der Waals surface area contributed by atoms with Crippen molar-refractivity contribution in [2.75, 3.05) is 12.3 Å². The van der Waals surface area contributed by atoms with Crippen LogP contribution >= 0.6 is 22.6 Å². The van der Waals surface area contributed by atoms with Gasteiger partial charge in [0.15, 0.2) is 0 Å². The van der Waals surface area contributed by atoms with E-state index in [9.17, 15) is 9.90 Å². The molecular weight excluding hydrogens is 379 g/mol. The van der Waals surface area contributed by atoms with Crippen LogP contribution in [0.15, 0.2) is 42.5 Å². The number of carbonyl (C=O) groups excluding carboxylic acids is 1. The fraction of sp³-hybridized carbons (Fsp3) is 0.188. The van der Waals surface area contributed by atoms with Gasteiger partial charge in [-0.15, -0.1) is 0 Å². The van der Waals surface area contributed by atoms with Crippen molar-refractivity contribution in [1.29, 1.82) is 0 Å². The highest BCUT2D eigenvalue weighted by molar-refractivity contribution is 14.1. The minimum Gasteiger partial charge on any atom is -0.507 e. The average Bonchev–Trinajstić information content (AvgIpc) is 2.48. The summed E-state index contributed by atoms with van der Waals surface area (Å²) in [7, 11) is 0. The van der Waals surface area contributed by atoms with Crippen molar-refractivity contribution in [1.82, 2.24) is 4.90 Å². The van der Waals surface area contributed by atoms with Crippen molar-refractivity contribution in [3.8, 4) is 5.75 Å². The maximum Gasteiger partial charge on any atom is 0.254 e. The number of phenolic OH excluding ortho intramolecular Hbond substituents is 1. The van der Waals surface area contributed by atoms with E-state index < -0.39 is 0 Å². The van der Waals surface area contributed by atoms with Crippen LogP contribution in [0.4, 0.5) is 5.69 Å². The normalized spacial score (nSPS) is 10.4. The van der Waals surface area contributed by atoms with Crippen LogP contribution in [-0.4, -0.2) is 22.5 Å². The Morgan fingerprint density at radius 3 is 2.62 bits per heavy atom. The van der Waals surface area contributed by atoms with Gasteiger partial charge in [0, 0.05) is 24.3 Å². The smallest absolute Gasteiger partial charge is 0.254 e. The largest absolute Gasteiger partial charge is 0.507 e. The Morgan fingerprint density at radius 2 is 2.00 bits per heavy atom. The summed E-state index contributed by atoms with van der Waals surface area (Å²) < 4.78 is 0.722. The second-order valence-electron chi connectivity index (χ2n) is 4.68. The summed E-state index contributed by atoms with van der Waals surface area (Å²) in [6, 6.07) is 12.5. The molecule has 0 aromatic heterocycles. The second kappa shape index (κ2) is 6.80. The topological polar surface area (TPSA) is 66.6 Å². The molecule has 0 atom stereocenters. The number of para-hydroxylation sites is 1. The summed E-state index contributed by atoms with van der Waals surface area (Å²) in [5, 5.41) is 9.74. The monoisotopic (exact) mass is 396 g/mol. The van der Waals surface area contributed by atoms with Crippen LogP contribution in [0.25, 0.3) is 0 Å². The number of nitrogens with zero attached hydrogens (tertiary/aromatic N) is 1. The van der Waals surface area contributed by atoms with Crippen LogP contribution in [0.2, 0.25) is 0 Å². The Hall–Kier alpha value is -1.76. The fourth-order valence-electron chi connectivity index (χ4n) is 2.04. The van der Waals surface area contributed by atoms with E-state index in [4.69, 9.17) is 5.73 Å². The fourth-order valence-corrected chi connectivity index (χ4v) is 2.37. The maximum atomic E-state index is 12.5. The lowest BCUT2D eigenvalue weighted by Gasteiger charge is -2.22. The first-order valence-electron chi connectivity index (χ1n) is 6.64. The van der Waals surface area contributed by atoms with Gasteiger partial charge in [-0.3, -0.25) is 4.79 Å². The summed E-state index contributed by atoms with van der Waals surface area (Å²) in [5.41, 5.74) is 8.00. The number of halogens is 1. The summed E-state index contributed by atoms with van der Waals surface area (Å²) in [4.78, 5) is 14.2. The molecule has 2 rings (SSSR count). The molecular formula is C16H17IN2O2. The predicted octanol–water partition coefficient (Wildman–Crippen LogP) is 3.24. The van der Waals surface area contributed by atoms with Gasteiger partial charge in [-0.2, -0.15) is 0 Å². The average molecular weight is 396 g/mol. The first-order chi connectivity index (χ1) is 10.0. The molecule has 0 fully saturated rings. The molecule has 0 unspecified atom stereocenters. The third kappa shape index (κ3) is 3.66. The number of hydrogen-bond donors (Lipinski definition) is 2. The lowest BCUT2D eigenvalue weighted by molar-refractivity contribution is 0.0752. The van der Waals surface area contributed by atoms with Crippen LogP contribution in [0, 0.1) is 3.57 Å². The van der Waals surface area contributed by atoms with Gasteiger partial charge in [0.25, 0.3) is 5.91 Å². The van der Waals surface area contributed by atoms with Gasteiger partial charge in [0.05, 0.1) is 3.57 Å². The maximum absolute atomic E-state index is 12.5. The highest BCUT2D eigenvalue weighted by Gasteiger charge is 2.16. The molecule has 110 valence electrons. The van der Waals surface area contributed by atoms with Crippen molar-refractivity contribution < 1.29 is 9.90 Å². The number of carbonyl (C=O) groups is 1. The summed E-state index contributed by atoms with van der Waals surface area (Å²) >= 11 is 2.02. The molecule has 0 saturated heterocycles. The Morgan fingerprint density at radius 1 is 1.29 bits per heavy atom. The standard InChI is InChI=1S/C16H17IN2O2/c1-2-19(10-12-5-3-4-6-14(12)18)16(21)11-7-8-13(17)15(20)9-11/h3-9,20H,2,10,18H2,1H3. The van der Waals surface area contributed by atoms with Gasteiger partial charge in [-0.1, -0.05) is 18.2 Å². The molecule has 0 spiro atoms. The first kappa shape index (κ1) is 15.6. The zero-order valence-electron chi connectivity index (χ0n) is 11.7. The third-order valence-corrected chi connectivity index (χ3v) is 4.19. The minimum atomic E-state index is -0.118.